The summed E-state index contributed by atoms with van der Waals surface area (Å²) in [7, 11) is 1.81. The van der Waals surface area contributed by atoms with Crippen LogP contribution in [-0.2, 0) is 29.7 Å². The van der Waals surface area contributed by atoms with Gasteiger partial charge in [-0.1, -0.05) is 85.4 Å². The first kappa shape index (κ1) is 27.0. The van der Waals surface area contributed by atoms with Gasteiger partial charge in [0.05, 0.1) is 18.8 Å². The second-order valence-electron chi connectivity index (χ2n) is 9.51. The van der Waals surface area contributed by atoms with Crippen LogP contribution in [0.5, 0.6) is 0 Å². The molecule has 3 aromatic carbocycles. The van der Waals surface area contributed by atoms with Crippen molar-refractivity contribution in [1.29, 1.82) is 0 Å². The number of amides is 1. The number of carbonyl (C=O) groups is 1. The molecular formula is C29H31N5O4S. The Balaban J connectivity index is 1.30. The van der Waals surface area contributed by atoms with Gasteiger partial charge >= 0.3 is 0 Å². The van der Waals surface area contributed by atoms with E-state index in [0.717, 1.165) is 27.4 Å². The average Bonchev–Trinajstić information content (AvgIpc) is 3.40. The Morgan fingerprint density at radius 1 is 0.974 bits per heavy atom. The highest BCUT2D eigenvalue weighted by atomic mass is 32.2. The molecule has 39 heavy (non-hydrogen) atoms. The minimum atomic E-state index is -0.570. The summed E-state index contributed by atoms with van der Waals surface area (Å²) in [4.78, 5) is 12.4. The molecule has 2 N–H and O–H groups in total. The Bertz CT molecular complexity index is 1360. The maximum atomic E-state index is 12.4. The van der Waals surface area contributed by atoms with Crippen molar-refractivity contribution in [2.45, 2.75) is 43.7 Å². The van der Waals surface area contributed by atoms with Crippen LogP contribution in [0.2, 0.25) is 0 Å². The maximum absolute atomic E-state index is 12.4. The highest BCUT2D eigenvalue weighted by molar-refractivity contribution is 7.99. The smallest absolute Gasteiger partial charge is 0.251 e. The van der Waals surface area contributed by atoms with Crippen LogP contribution in [0, 0.1) is 5.92 Å². The molecule has 4 unspecified atom stereocenters. The minimum Gasteiger partial charge on any atom is -0.392 e. The van der Waals surface area contributed by atoms with Gasteiger partial charge in [0.2, 0.25) is 5.16 Å². The summed E-state index contributed by atoms with van der Waals surface area (Å²) < 4.78 is 14.7. The molecule has 0 bridgehead atoms. The van der Waals surface area contributed by atoms with E-state index in [0.29, 0.717) is 17.9 Å². The Labute approximate surface area is 231 Å². The third-order valence-electron chi connectivity index (χ3n) is 6.82. The molecule has 1 saturated heterocycles. The molecule has 1 aromatic heterocycles. The van der Waals surface area contributed by atoms with Gasteiger partial charge in [0, 0.05) is 36.4 Å². The standard InChI is InChI=1S/C29H31N5O4S/c1-19-25(18-39-29-31-32-33-34(29)2)37-28(38-26(19)22-12-10-21(17-35)11-13-22)24-14-8-20(9-15-24)16-30-27(36)23-6-4-3-5-7-23/h3-15,19,25-26,28,35H,16-18H2,1-2H3,(H,30,36). The molecule has 4 aromatic rings. The molecule has 0 saturated carbocycles. The summed E-state index contributed by atoms with van der Waals surface area (Å²) in [5.41, 5.74) is 4.39. The van der Waals surface area contributed by atoms with Crippen molar-refractivity contribution in [3.63, 3.8) is 0 Å². The molecule has 10 heteroatoms. The van der Waals surface area contributed by atoms with Crippen molar-refractivity contribution in [3.05, 3.63) is 107 Å². The summed E-state index contributed by atoms with van der Waals surface area (Å²) in [6, 6.07) is 24.9. The van der Waals surface area contributed by atoms with Gasteiger partial charge in [-0.05, 0) is 39.2 Å². The van der Waals surface area contributed by atoms with Crippen LogP contribution in [-0.4, -0.2) is 43.1 Å². The lowest BCUT2D eigenvalue weighted by molar-refractivity contribution is -0.268. The van der Waals surface area contributed by atoms with Crippen LogP contribution in [0.25, 0.3) is 0 Å². The number of nitrogens with one attached hydrogen (secondary N) is 1. The first-order valence-electron chi connectivity index (χ1n) is 12.8. The van der Waals surface area contributed by atoms with E-state index in [4.69, 9.17) is 9.47 Å². The summed E-state index contributed by atoms with van der Waals surface area (Å²) in [6.07, 6.45) is -0.901. The largest absolute Gasteiger partial charge is 0.392 e. The number of benzene rings is 3. The molecule has 1 aliphatic heterocycles. The zero-order valence-electron chi connectivity index (χ0n) is 21.8. The predicted molar refractivity (Wildman–Crippen MR) is 147 cm³/mol. The van der Waals surface area contributed by atoms with Gasteiger partial charge in [-0.15, -0.1) is 5.10 Å². The number of hydrogen-bond donors (Lipinski definition) is 2. The number of carbonyl (C=O) groups excluding carboxylic acids is 1. The van der Waals surface area contributed by atoms with Gasteiger partial charge in [-0.25, -0.2) is 4.68 Å². The molecule has 1 amide bonds. The minimum absolute atomic E-state index is 0.00372. The number of rotatable bonds is 9. The summed E-state index contributed by atoms with van der Waals surface area (Å²) in [6.45, 7) is 2.54. The van der Waals surface area contributed by atoms with Gasteiger partial charge < -0.3 is 19.9 Å². The van der Waals surface area contributed by atoms with E-state index in [1.807, 2.05) is 73.8 Å². The number of aliphatic hydroxyl groups is 1. The van der Waals surface area contributed by atoms with E-state index in [2.05, 4.69) is 27.8 Å². The van der Waals surface area contributed by atoms with Crippen molar-refractivity contribution in [1.82, 2.24) is 25.5 Å². The zero-order valence-corrected chi connectivity index (χ0v) is 22.6. The van der Waals surface area contributed by atoms with Gasteiger partial charge in [-0.3, -0.25) is 4.79 Å². The number of tetrazole rings is 1. The lowest BCUT2D eigenvalue weighted by atomic mass is 9.91. The average molecular weight is 546 g/mol. The van der Waals surface area contributed by atoms with E-state index < -0.39 is 6.29 Å². The Morgan fingerprint density at radius 2 is 1.67 bits per heavy atom. The fourth-order valence-electron chi connectivity index (χ4n) is 4.48. The summed E-state index contributed by atoms with van der Waals surface area (Å²) in [5.74, 6) is 0.605. The van der Waals surface area contributed by atoms with Crippen molar-refractivity contribution in [2.24, 2.45) is 13.0 Å². The lowest BCUT2D eigenvalue weighted by Gasteiger charge is -2.41. The molecule has 202 valence electrons. The number of hydrogen-bond acceptors (Lipinski definition) is 8. The summed E-state index contributed by atoms with van der Waals surface area (Å²) >= 11 is 1.55. The Morgan fingerprint density at radius 3 is 2.33 bits per heavy atom. The highest BCUT2D eigenvalue weighted by Gasteiger charge is 2.38. The topological polar surface area (TPSA) is 111 Å². The second kappa shape index (κ2) is 12.5. The molecule has 1 aliphatic rings. The van der Waals surface area contributed by atoms with Crippen LogP contribution >= 0.6 is 11.8 Å². The number of aliphatic hydroxyl groups excluding tert-OH is 1. The van der Waals surface area contributed by atoms with Crippen molar-refractivity contribution >= 4 is 17.7 Å². The molecule has 9 nitrogen and oxygen atoms in total. The molecule has 0 spiro atoms. The van der Waals surface area contributed by atoms with Crippen LogP contribution < -0.4 is 5.32 Å². The summed E-state index contributed by atoms with van der Waals surface area (Å²) in [5, 5.41) is 24.9. The molecule has 2 heterocycles. The Hall–Kier alpha value is -3.57. The molecule has 1 fully saturated rings. The molecular weight excluding hydrogens is 514 g/mol. The molecule has 4 atom stereocenters. The number of ether oxygens (including phenoxy) is 2. The number of thioether (sulfide) groups is 1. The van der Waals surface area contributed by atoms with Gasteiger partial charge in [0.25, 0.3) is 5.91 Å². The quantitative estimate of drug-likeness (QED) is 0.301. The zero-order chi connectivity index (χ0) is 27.2. The fourth-order valence-corrected chi connectivity index (χ4v) is 5.49. The van der Waals surface area contributed by atoms with E-state index in [-0.39, 0.29) is 30.6 Å². The fraction of sp³-hybridized carbons (Fsp3) is 0.310. The van der Waals surface area contributed by atoms with Crippen LogP contribution in [0.4, 0.5) is 0 Å². The molecule has 0 radical (unpaired) electrons. The lowest BCUT2D eigenvalue weighted by Crippen LogP contribution is -2.38. The van der Waals surface area contributed by atoms with Gasteiger partial charge in [0.1, 0.15) is 0 Å². The molecule has 5 rings (SSSR count). The van der Waals surface area contributed by atoms with Crippen LogP contribution in [0.3, 0.4) is 0 Å². The SMILES string of the molecule is CC1C(CSc2nnnn2C)OC(c2ccc(CNC(=O)c3ccccc3)cc2)OC1c1ccc(CO)cc1. The monoisotopic (exact) mass is 545 g/mol. The Kier molecular flexibility index (Phi) is 8.67. The molecule has 0 aliphatic carbocycles. The van der Waals surface area contributed by atoms with E-state index in [9.17, 15) is 9.90 Å². The first-order chi connectivity index (χ1) is 19.0. The van der Waals surface area contributed by atoms with Crippen molar-refractivity contribution in [2.75, 3.05) is 5.75 Å². The number of aryl methyl sites for hydroxylation is 1. The van der Waals surface area contributed by atoms with Gasteiger partial charge in [-0.2, -0.15) is 0 Å². The van der Waals surface area contributed by atoms with Crippen LogP contribution in [0.15, 0.2) is 84.0 Å². The maximum Gasteiger partial charge on any atom is 0.251 e. The van der Waals surface area contributed by atoms with Crippen LogP contribution in [0.1, 0.15) is 51.9 Å². The number of nitrogens with zero attached hydrogens (tertiary/aromatic N) is 4. The third kappa shape index (κ3) is 6.54. The van der Waals surface area contributed by atoms with Crippen molar-refractivity contribution in [3.8, 4) is 0 Å². The van der Waals surface area contributed by atoms with E-state index in [1.165, 1.54) is 0 Å². The van der Waals surface area contributed by atoms with Gasteiger partial charge in [0.15, 0.2) is 6.29 Å². The van der Waals surface area contributed by atoms with E-state index >= 15 is 0 Å². The third-order valence-corrected chi connectivity index (χ3v) is 7.92. The highest BCUT2D eigenvalue weighted by Crippen LogP contribution is 2.42. The predicted octanol–water partition coefficient (Wildman–Crippen LogP) is 4.22. The second-order valence-corrected chi connectivity index (χ2v) is 10.5. The first-order valence-corrected chi connectivity index (χ1v) is 13.8. The normalized spacial score (nSPS) is 21.0. The van der Waals surface area contributed by atoms with Crippen molar-refractivity contribution < 1.29 is 19.4 Å². The number of aromatic nitrogens is 4. The van der Waals surface area contributed by atoms with E-state index in [1.54, 1.807) is 28.6 Å².